The number of alkyl carbamates (subject to hydrolysis) is 1. The molecular formula is C48H69N7O8S2. The van der Waals surface area contributed by atoms with Gasteiger partial charge in [-0.3, -0.25) is 23.7 Å². The van der Waals surface area contributed by atoms with Crippen LogP contribution in [0.25, 0.3) is 22.3 Å². The summed E-state index contributed by atoms with van der Waals surface area (Å²) in [7, 11) is -3.64. The molecule has 0 bridgehead atoms. The molecule has 65 heavy (non-hydrogen) atoms. The number of thiazole rings is 1. The fourth-order valence-corrected chi connectivity index (χ4v) is 11.4. The minimum Gasteiger partial charge on any atom is -0.461 e. The fourth-order valence-electron chi connectivity index (χ4n) is 9.22. The normalized spacial score (nSPS) is 23.8. The number of carbonyl (C=O) groups is 4. The molecule has 4 aliphatic rings. The molecule has 7 rings (SSSR count). The summed E-state index contributed by atoms with van der Waals surface area (Å²) in [6.45, 7) is 13.2. The molecule has 4 fully saturated rings. The molecule has 0 radical (unpaired) electrons. The van der Waals surface area contributed by atoms with E-state index in [1.807, 2.05) is 30.4 Å². The van der Waals surface area contributed by atoms with Crippen LogP contribution in [0.1, 0.15) is 144 Å². The lowest BCUT2D eigenvalue weighted by atomic mass is 9.88. The van der Waals surface area contributed by atoms with Crippen molar-refractivity contribution in [3.63, 3.8) is 0 Å². The number of nitrogens with two attached hydrogens (primary N) is 1. The molecule has 1 aromatic carbocycles. The number of allylic oxidation sites excluding steroid dienone is 2. The van der Waals surface area contributed by atoms with E-state index < -0.39 is 62.3 Å². The highest BCUT2D eigenvalue weighted by atomic mass is 32.2. The van der Waals surface area contributed by atoms with E-state index in [0.29, 0.717) is 63.8 Å². The molecule has 3 aromatic rings. The minimum absolute atomic E-state index is 0.0173. The van der Waals surface area contributed by atoms with Crippen LogP contribution in [0.3, 0.4) is 0 Å². The molecule has 3 heterocycles. The number of benzene rings is 1. The molecule has 6 atom stereocenters. The topological polar surface area (TPSA) is 205 Å². The standard InChI is InChI=1S/C48H69N7O8S2/c1-30(2)55-39-19-15-17-35(38-29-64-45(50-38)54-24-13-10-14-25-54)40(39)52-44(55)62-34-26-32(20-21-33(27-34)42(49)57)41(56)37(51-46(59)63-47(3,4)5)18-12-9-7-8-11-16-31-28-36(31)43(58)53-65(60,61)48(6)22-23-48/h11,15-17,19,29-34,36-37H,7-10,12-14,18,20-28H2,1-6H3,(H2,49,57)(H,51,59)(H,53,58). The number of ketones is 1. The Hall–Kier alpha value is -4.51. The van der Waals surface area contributed by atoms with Gasteiger partial charge in [-0.1, -0.05) is 37.1 Å². The van der Waals surface area contributed by atoms with Crippen LogP contribution in [-0.4, -0.2) is 82.2 Å². The zero-order chi connectivity index (χ0) is 46.7. The molecule has 6 unspecified atom stereocenters. The lowest BCUT2D eigenvalue weighted by Gasteiger charge is -2.27. The number of anilines is 1. The number of unbranched alkanes of at least 4 members (excludes halogenated alkanes) is 3. The molecule has 1 aliphatic heterocycles. The quantitative estimate of drug-likeness (QED) is 0.0592. The summed E-state index contributed by atoms with van der Waals surface area (Å²) < 4.78 is 40.9. The summed E-state index contributed by atoms with van der Waals surface area (Å²) in [4.78, 5) is 65.6. The first kappa shape index (κ1) is 48.4. The van der Waals surface area contributed by atoms with Gasteiger partial charge in [-0.25, -0.2) is 18.2 Å². The minimum atomic E-state index is -3.64. The van der Waals surface area contributed by atoms with Gasteiger partial charge in [0.15, 0.2) is 10.9 Å². The Labute approximate surface area is 388 Å². The Morgan fingerprint density at radius 3 is 2.42 bits per heavy atom. The van der Waals surface area contributed by atoms with Crippen molar-refractivity contribution >= 4 is 61.2 Å². The van der Waals surface area contributed by atoms with E-state index in [0.717, 1.165) is 59.8 Å². The number of sulfonamides is 1. The molecule has 0 spiro atoms. The number of hydrogen-bond donors (Lipinski definition) is 3. The second kappa shape index (κ2) is 20.2. The van der Waals surface area contributed by atoms with E-state index in [2.05, 4.69) is 38.7 Å². The summed E-state index contributed by atoms with van der Waals surface area (Å²) >= 11 is 1.65. The molecule has 3 saturated carbocycles. The maximum absolute atomic E-state index is 14.6. The Kier molecular flexibility index (Phi) is 15.0. The number of Topliss-reactive ketones (excluding diaryl/α,β-unsaturated/α-hetero) is 1. The van der Waals surface area contributed by atoms with E-state index in [1.165, 1.54) is 19.3 Å². The van der Waals surface area contributed by atoms with Gasteiger partial charge in [0.25, 0.3) is 6.01 Å². The van der Waals surface area contributed by atoms with Gasteiger partial charge in [-0.2, -0.15) is 4.98 Å². The summed E-state index contributed by atoms with van der Waals surface area (Å²) in [6, 6.07) is 5.66. The first-order chi connectivity index (χ1) is 30.8. The van der Waals surface area contributed by atoms with Gasteiger partial charge in [-0.15, -0.1) is 11.3 Å². The van der Waals surface area contributed by atoms with Gasteiger partial charge in [-0.05, 0) is 137 Å². The van der Waals surface area contributed by atoms with Crippen LogP contribution in [-0.2, 0) is 29.1 Å². The van der Waals surface area contributed by atoms with Gasteiger partial charge < -0.3 is 25.4 Å². The number of carbonyl (C=O) groups excluding carboxylic acids is 4. The maximum atomic E-state index is 14.6. The van der Waals surface area contributed by atoms with Crippen molar-refractivity contribution in [1.29, 1.82) is 0 Å². The highest BCUT2D eigenvalue weighted by molar-refractivity contribution is 7.91. The third-order valence-corrected chi connectivity index (χ3v) is 16.5. The number of ether oxygens (including phenoxy) is 2. The SMILES string of the molecule is CC(C)n1c(OC2CC(C(N)=O)CCC(C(=O)C(CCCCCC=CC3CC3C(=O)NS(=O)(=O)C3(C)CC3)NC(=O)OC(C)(C)C)C2)nc2c(-c3csc(N4CCCCC4)n3)cccc21. The number of nitrogens with zero attached hydrogens (tertiary/aromatic N) is 4. The van der Waals surface area contributed by atoms with E-state index in [-0.39, 0.29) is 23.7 Å². The van der Waals surface area contributed by atoms with E-state index >= 15 is 0 Å². The summed E-state index contributed by atoms with van der Waals surface area (Å²) in [6.07, 6.45) is 13.1. The smallest absolute Gasteiger partial charge is 0.408 e. The number of amides is 3. The first-order valence-corrected chi connectivity index (χ1v) is 26.1. The number of aromatic nitrogens is 3. The lowest BCUT2D eigenvalue weighted by molar-refractivity contribution is -0.126. The van der Waals surface area contributed by atoms with Gasteiger partial charge in [0.2, 0.25) is 21.8 Å². The third kappa shape index (κ3) is 12.1. The Balaban J connectivity index is 1.01. The predicted octanol–water partition coefficient (Wildman–Crippen LogP) is 8.37. The van der Waals surface area contributed by atoms with Gasteiger partial charge in [0.1, 0.15) is 17.2 Å². The number of para-hydroxylation sites is 1. The van der Waals surface area contributed by atoms with Crippen LogP contribution < -0.4 is 25.4 Å². The number of imidazole rings is 1. The molecule has 2 aromatic heterocycles. The number of rotatable bonds is 19. The van der Waals surface area contributed by atoms with E-state index in [1.54, 1.807) is 39.0 Å². The third-order valence-electron chi connectivity index (χ3n) is 13.4. The number of fused-ring (bicyclic) bond motifs is 1. The molecule has 1 saturated heterocycles. The van der Waals surface area contributed by atoms with Crippen LogP contribution in [0.4, 0.5) is 9.93 Å². The van der Waals surface area contributed by atoms with Crippen LogP contribution in [0.15, 0.2) is 35.7 Å². The summed E-state index contributed by atoms with van der Waals surface area (Å²) in [5, 5.41) is 5.99. The molecular weight excluding hydrogens is 867 g/mol. The number of primary amides is 1. The lowest BCUT2D eigenvalue weighted by Crippen LogP contribution is -2.46. The zero-order valence-corrected chi connectivity index (χ0v) is 40.6. The zero-order valence-electron chi connectivity index (χ0n) is 39.0. The van der Waals surface area contributed by atoms with Crippen molar-refractivity contribution in [2.45, 2.75) is 166 Å². The van der Waals surface area contributed by atoms with Gasteiger partial charge in [0.05, 0.1) is 22.0 Å². The van der Waals surface area contributed by atoms with E-state index in [9.17, 15) is 27.6 Å². The van der Waals surface area contributed by atoms with Crippen molar-refractivity contribution in [3.8, 4) is 17.3 Å². The number of piperidine rings is 1. The average Bonchev–Trinajstić information content (AvgIpc) is 4.12. The number of nitrogens with one attached hydrogen (secondary N) is 2. The summed E-state index contributed by atoms with van der Waals surface area (Å²) in [5.41, 5.74) is 8.63. The first-order valence-electron chi connectivity index (χ1n) is 23.8. The van der Waals surface area contributed by atoms with Crippen LogP contribution >= 0.6 is 11.3 Å². The Morgan fingerprint density at radius 2 is 1.72 bits per heavy atom. The van der Waals surface area contributed by atoms with Crippen molar-refractivity contribution in [2.24, 2.45) is 29.4 Å². The van der Waals surface area contributed by atoms with Crippen LogP contribution in [0, 0.1) is 23.7 Å². The molecule has 17 heteroatoms. The van der Waals surface area contributed by atoms with Crippen molar-refractivity contribution < 1.29 is 37.1 Å². The predicted molar refractivity (Wildman–Crippen MR) is 253 cm³/mol. The Bertz CT molecular complexity index is 2340. The second-order valence-electron chi connectivity index (χ2n) is 20.3. The average molecular weight is 936 g/mol. The summed E-state index contributed by atoms with van der Waals surface area (Å²) in [5.74, 6) is -2.30. The highest BCUT2D eigenvalue weighted by Crippen LogP contribution is 2.44. The van der Waals surface area contributed by atoms with Crippen molar-refractivity contribution in [3.05, 3.63) is 35.7 Å². The monoisotopic (exact) mass is 935 g/mol. The van der Waals surface area contributed by atoms with E-state index in [4.69, 9.17) is 25.2 Å². The van der Waals surface area contributed by atoms with Crippen molar-refractivity contribution in [1.82, 2.24) is 24.6 Å². The van der Waals surface area contributed by atoms with Gasteiger partial charge in [0, 0.05) is 47.8 Å². The second-order valence-corrected chi connectivity index (χ2v) is 23.3. The highest BCUT2D eigenvalue weighted by Gasteiger charge is 2.52. The molecule has 3 amide bonds. The van der Waals surface area contributed by atoms with Crippen LogP contribution in [0.5, 0.6) is 6.01 Å². The molecule has 4 N–H and O–H groups in total. The molecule has 356 valence electrons. The maximum Gasteiger partial charge on any atom is 0.408 e. The van der Waals surface area contributed by atoms with Crippen LogP contribution in [0.2, 0.25) is 0 Å². The van der Waals surface area contributed by atoms with Gasteiger partial charge >= 0.3 is 6.09 Å². The Morgan fingerprint density at radius 1 is 1.00 bits per heavy atom. The fraction of sp³-hybridized carbons (Fsp3) is 0.667. The van der Waals surface area contributed by atoms with Crippen molar-refractivity contribution in [2.75, 3.05) is 18.0 Å². The molecule has 15 nitrogen and oxygen atoms in total. The molecule has 3 aliphatic carbocycles. The number of hydrogen-bond acceptors (Lipinski definition) is 12. The largest absolute Gasteiger partial charge is 0.461 e.